The molecule has 2 N–H and O–H groups in total. The highest BCUT2D eigenvalue weighted by molar-refractivity contribution is 8.00. The second-order valence-corrected chi connectivity index (χ2v) is 6.42. The third-order valence-corrected chi connectivity index (χ3v) is 4.78. The van der Waals surface area contributed by atoms with E-state index in [-0.39, 0.29) is 16.7 Å². The number of nitrogens with zero attached hydrogens (tertiary/aromatic N) is 2. The second kappa shape index (κ2) is 8.49. The molecule has 0 spiro atoms. The third kappa shape index (κ3) is 4.48. The molecule has 0 radical (unpaired) electrons. The van der Waals surface area contributed by atoms with Crippen LogP contribution in [0.25, 0.3) is 0 Å². The largest absolute Gasteiger partial charge is 0.346 e. The zero-order chi connectivity index (χ0) is 18.4. The minimum atomic E-state index is -0.524. The fourth-order valence-corrected chi connectivity index (χ4v) is 3.34. The minimum absolute atomic E-state index is 0.0752. The molecule has 0 fully saturated rings. The van der Waals surface area contributed by atoms with E-state index in [0.29, 0.717) is 11.3 Å². The first-order valence-electron chi connectivity index (χ1n) is 8.04. The van der Waals surface area contributed by atoms with Gasteiger partial charge in [0.15, 0.2) is 0 Å². The number of aromatic amines is 1. The number of aryl methyl sites for hydroxylation is 3. The van der Waals surface area contributed by atoms with Crippen molar-refractivity contribution >= 4 is 23.4 Å². The Morgan fingerprint density at radius 2 is 1.96 bits per heavy atom. The molecule has 0 aliphatic rings. The van der Waals surface area contributed by atoms with Crippen molar-refractivity contribution < 1.29 is 4.79 Å². The molecule has 7 heteroatoms. The van der Waals surface area contributed by atoms with Gasteiger partial charge < -0.3 is 10.3 Å². The van der Waals surface area contributed by atoms with Gasteiger partial charge >= 0.3 is 5.69 Å². The van der Waals surface area contributed by atoms with Crippen molar-refractivity contribution in [3.63, 3.8) is 0 Å². The number of nitrogens with one attached hydrogen (secondary N) is 2. The summed E-state index contributed by atoms with van der Waals surface area (Å²) in [5.74, 6) is -0.115. The lowest BCUT2D eigenvalue weighted by Gasteiger charge is -2.14. The van der Waals surface area contributed by atoms with E-state index < -0.39 is 5.69 Å². The Labute approximate surface area is 150 Å². The van der Waals surface area contributed by atoms with E-state index in [9.17, 15) is 14.9 Å². The Morgan fingerprint density at radius 1 is 1.32 bits per heavy atom. The number of amides is 1. The maximum Gasteiger partial charge on any atom is 0.346 e. The molecule has 2 aromatic rings. The van der Waals surface area contributed by atoms with Gasteiger partial charge in [-0.1, -0.05) is 43.8 Å². The summed E-state index contributed by atoms with van der Waals surface area (Å²) >= 11 is 1.09. The van der Waals surface area contributed by atoms with Crippen LogP contribution in [0.3, 0.4) is 0 Å². The number of para-hydroxylation sites is 1. The fraction of sp³-hybridized carbons (Fsp3) is 0.333. The maximum atomic E-state index is 12.4. The van der Waals surface area contributed by atoms with Gasteiger partial charge in [0.1, 0.15) is 16.7 Å². The zero-order valence-corrected chi connectivity index (χ0v) is 15.3. The molecule has 0 saturated heterocycles. The summed E-state index contributed by atoms with van der Waals surface area (Å²) < 4.78 is 0. The van der Waals surface area contributed by atoms with Gasteiger partial charge in [0, 0.05) is 11.4 Å². The molecule has 2 rings (SSSR count). The first-order chi connectivity index (χ1) is 12.0. The van der Waals surface area contributed by atoms with Crippen molar-refractivity contribution in [2.75, 3.05) is 11.1 Å². The first-order valence-corrected chi connectivity index (χ1v) is 9.03. The molecule has 0 aliphatic carbocycles. The molecule has 1 aromatic heterocycles. The normalized spacial score (nSPS) is 10.3. The standard InChI is InChI=1S/C18H20N4O2S/c1-4-12-7-6-8-13(5-2)16(12)21-15(23)10-25-17-14(9-19)11(3)20-18(24)22-17/h6-8H,4-5,10H2,1-3H3,(H,21,23)(H,20,22,24). The Kier molecular flexibility index (Phi) is 6.37. The SMILES string of the molecule is CCc1cccc(CC)c1NC(=O)CSc1nc(=O)[nH]c(C)c1C#N. The van der Waals surface area contributed by atoms with Crippen molar-refractivity contribution in [1.82, 2.24) is 9.97 Å². The Morgan fingerprint density at radius 3 is 2.52 bits per heavy atom. The fourth-order valence-electron chi connectivity index (χ4n) is 2.51. The quantitative estimate of drug-likeness (QED) is 0.612. The summed E-state index contributed by atoms with van der Waals surface area (Å²) in [4.78, 5) is 30.1. The van der Waals surface area contributed by atoms with Gasteiger partial charge in [-0.2, -0.15) is 10.2 Å². The highest BCUT2D eigenvalue weighted by atomic mass is 32.2. The van der Waals surface area contributed by atoms with Crippen LogP contribution in [0.2, 0.25) is 0 Å². The number of H-pyrrole nitrogens is 1. The number of rotatable bonds is 6. The van der Waals surface area contributed by atoms with Crippen LogP contribution < -0.4 is 11.0 Å². The monoisotopic (exact) mass is 356 g/mol. The predicted octanol–water partition coefficient (Wildman–Crippen LogP) is 2.81. The van der Waals surface area contributed by atoms with E-state index >= 15 is 0 Å². The number of hydrogen-bond donors (Lipinski definition) is 2. The van der Waals surface area contributed by atoms with Crippen molar-refractivity contribution in [3.05, 3.63) is 51.1 Å². The van der Waals surface area contributed by atoms with Crippen LogP contribution in [-0.4, -0.2) is 21.6 Å². The predicted molar refractivity (Wildman–Crippen MR) is 98.9 cm³/mol. The van der Waals surface area contributed by atoms with Gasteiger partial charge in [-0.05, 0) is 30.9 Å². The number of carbonyl (C=O) groups is 1. The van der Waals surface area contributed by atoms with E-state index in [0.717, 1.165) is 41.4 Å². The van der Waals surface area contributed by atoms with E-state index in [4.69, 9.17) is 0 Å². The van der Waals surface area contributed by atoms with Gasteiger partial charge in [0.05, 0.1) is 5.75 Å². The first kappa shape index (κ1) is 18.7. The number of thioether (sulfide) groups is 1. The zero-order valence-electron chi connectivity index (χ0n) is 14.5. The molecule has 1 heterocycles. The molecule has 0 bridgehead atoms. The van der Waals surface area contributed by atoms with Gasteiger partial charge in [-0.15, -0.1) is 0 Å². The van der Waals surface area contributed by atoms with E-state index in [1.807, 2.05) is 38.1 Å². The summed E-state index contributed by atoms with van der Waals surface area (Å²) in [6, 6.07) is 8.00. The van der Waals surface area contributed by atoms with Crippen LogP contribution in [-0.2, 0) is 17.6 Å². The number of anilines is 1. The molecule has 0 atom stereocenters. The van der Waals surface area contributed by atoms with Gasteiger partial charge in [-0.25, -0.2) is 4.79 Å². The number of benzene rings is 1. The molecule has 0 saturated carbocycles. The van der Waals surface area contributed by atoms with Crippen molar-refractivity contribution in [2.45, 2.75) is 38.6 Å². The average molecular weight is 356 g/mol. The number of carbonyl (C=O) groups excluding carboxylic acids is 1. The molecule has 0 unspecified atom stereocenters. The lowest BCUT2D eigenvalue weighted by molar-refractivity contribution is -0.113. The topological polar surface area (TPSA) is 98.6 Å². The summed E-state index contributed by atoms with van der Waals surface area (Å²) in [7, 11) is 0. The lowest BCUT2D eigenvalue weighted by atomic mass is 10.0. The highest BCUT2D eigenvalue weighted by Gasteiger charge is 2.14. The Balaban J connectivity index is 2.16. The summed E-state index contributed by atoms with van der Waals surface area (Å²) in [5, 5.41) is 12.4. The molecule has 1 aromatic carbocycles. The van der Waals surface area contributed by atoms with Crippen LogP contribution >= 0.6 is 11.8 Å². The molecular formula is C18H20N4O2S. The molecule has 1 amide bonds. The number of hydrogen-bond acceptors (Lipinski definition) is 5. The van der Waals surface area contributed by atoms with Crippen molar-refractivity contribution in [1.29, 1.82) is 5.26 Å². The van der Waals surface area contributed by atoms with Crippen LogP contribution in [0.1, 0.15) is 36.2 Å². The number of aromatic nitrogens is 2. The van der Waals surface area contributed by atoms with E-state index in [1.54, 1.807) is 6.92 Å². The van der Waals surface area contributed by atoms with Gasteiger partial charge in [-0.3, -0.25) is 4.79 Å². The summed E-state index contributed by atoms with van der Waals surface area (Å²) in [6.45, 7) is 5.72. The second-order valence-electron chi connectivity index (χ2n) is 5.45. The van der Waals surface area contributed by atoms with E-state index in [2.05, 4.69) is 15.3 Å². The molecular weight excluding hydrogens is 336 g/mol. The van der Waals surface area contributed by atoms with E-state index in [1.165, 1.54) is 0 Å². The third-order valence-electron chi connectivity index (χ3n) is 3.80. The van der Waals surface area contributed by atoms with Crippen molar-refractivity contribution in [3.8, 4) is 6.07 Å². The van der Waals surface area contributed by atoms with Crippen LogP contribution in [0.15, 0.2) is 28.0 Å². The Bertz CT molecular complexity index is 861. The number of nitriles is 1. The molecule has 0 aliphatic heterocycles. The average Bonchev–Trinajstić information content (AvgIpc) is 2.59. The van der Waals surface area contributed by atoms with Crippen LogP contribution in [0, 0.1) is 18.3 Å². The van der Waals surface area contributed by atoms with Crippen molar-refractivity contribution in [2.24, 2.45) is 0 Å². The Hall–Kier alpha value is -2.59. The van der Waals surface area contributed by atoms with Crippen LogP contribution in [0.4, 0.5) is 5.69 Å². The minimum Gasteiger partial charge on any atom is -0.325 e. The maximum absolute atomic E-state index is 12.4. The molecule has 25 heavy (non-hydrogen) atoms. The summed E-state index contributed by atoms with van der Waals surface area (Å²) in [5.41, 5.74) is 3.24. The summed E-state index contributed by atoms with van der Waals surface area (Å²) in [6.07, 6.45) is 1.65. The van der Waals surface area contributed by atoms with Gasteiger partial charge in [0.25, 0.3) is 0 Å². The van der Waals surface area contributed by atoms with Crippen LogP contribution in [0.5, 0.6) is 0 Å². The molecule has 6 nitrogen and oxygen atoms in total. The van der Waals surface area contributed by atoms with Gasteiger partial charge in [0.2, 0.25) is 5.91 Å². The highest BCUT2D eigenvalue weighted by Crippen LogP contribution is 2.24. The molecule has 130 valence electrons. The lowest BCUT2D eigenvalue weighted by Crippen LogP contribution is -2.18. The smallest absolute Gasteiger partial charge is 0.325 e.